The van der Waals surface area contributed by atoms with Crippen LogP contribution in [0.25, 0.3) is 0 Å². The Morgan fingerprint density at radius 3 is 2.50 bits per heavy atom. The minimum Gasteiger partial charge on any atom is -0.324 e. The fourth-order valence-electron chi connectivity index (χ4n) is 4.30. The largest absolute Gasteiger partial charge is 0.324 e. The minimum atomic E-state index is -0.488. The van der Waals surface area contributed by atoms with E-state index in [-0.39, 0.29) is 22.5 Å². The van der Waals surface area contributed by atoms with Crippen molar-refractivity contribution in [2.45, 2.75) is 31.1 Å². The van der Waals surface area contributed by atoms with Crippen molar-refractivity contribution >= 4 is 35.1 Å². The normalized spacial score (nSPS) is 17.4. The lowest BCUT2D eigenvalue weighted by Gasteiger charge is -2.44. The number of non-ortho nitro benzene ring substituents is 1. The zero-order valence-electron chi connectivity index (χ0n) is 18.0. The molecule has 2 aliphatic heterocycles. The molecule has 9 heteroatoms. The summed E-state index contributed by atoms with van der Waals surface area (Å²) in [6.07, 6.45) is 2.28. The molecule has 0 aromatic heterocycles. The Morgan fingerprint density at radius 2 is 1.84 bits per heavy atom. The summed E-state index contributed by atoms with van der Waals surface area (Å²) in [6.45, 7) is 3.78. The summed E-state index contributed by atoms with van der Waals surface area (Å²) in [4.78, 5) is 39.8. The number of thioether (sulfide) groups is 1. The molecule has 0 saturated carbocycles. The van der Waals surface area contributed by atoms with Crippen molar-refractivity contribution in [1.82, 2.24) is 9.80 Å². The molecule has 4 rings (SSSR count). The van der Waals surface area contributed by atoms with Crippen LogP contribution >= 0.6 is 11.8 Å². The van der Waals surface area contributed by atoms with Crippen LogP contribution in [0.2, 0.25) is 0 Å². The second-order valence-corrected chi connectivity index (χ2v) is 9.48. The molecule has 1 spiro atoms. The van der Waals surface area contributed by atoms with Crippen LogP contribution in [0.5, 0.6) is 0 Å². The number of likely N-dealkylation sites (tertiary alicyclic amines) is 1. The van der Waals surface area contributed by atoms with E-state index in [2.05, 4.69) is 12.2 Å². The number of urea groups is 1. The smallest absolute Gasteiger partial charge is 0.321 e. The van der Waals surface area contributed by atoms with Crippen molar-refractivity contribution in [1.29, 1.82) is 0 Å². The molecule has 2 fully saturated rings. The minimum absolute atomic E-state index is 0.0878. The molecule has 0 aliphatic carbocycles. The molecule has 2 saturated heterocycles. The molecule has 3 amide bonds. The van der Waals surface area contributed by atoms with Crippen molar-refractivity contribution in [3.05, 3.63) is 69.8 Å². The van der Waals surface area contributed by atoms with Crippen molar-refractivity contribution in [3.63, 3.8) is 0 Å². The Hall–Kier alpha value is -3.07. The van der Waals surface area contributed by atoms with Crippen LogP contribution in [-0.2, 0) is 6.42 Å². The summed E-state index contributed by atoms with van der Waals surface area (Å²) in [5.41, 5.74) is 2.23. The van der Waals surface area contributed by atoms with E-state index in [4.69, 9.17) is 0 Å². The van der Waals surface area contributed by atoms with E-state index in [1.165, 1.54) is 17.7 Å². The molecule has 32 heavy (non-hydrogen) atoms. The third-order valence-corrected chi connectivity index (χ3v) is 7.72. The highest BCUT2D eigenvalue weighted by atomic mass is 32.2. The highest BCUT2D eigenvalue weighted by Crippen LogP contribution is 2.44. The van der Waals surface area contributed by atoms with Crippen LogP contribution in [0.3, 0.4) is 0 Å². The maximum absolute atomic E-state index is 13.2. The van der Waals surface area contributed by atoms with Crippen molar-refractivity contribution in [2.75, 3.05) is 30.7 Å². The molecule has 0 radical (unpaired) electrons. The number of nitrogens with zero attached hydrogens (tertiary/aromatic N) is 3. The Morgan fingerprint density at radius 1 is 1.12 bits per heavy atom. The highest BCUT2D eigenvalue weighted by molar-refractivity contribution is 8.00. The predicted octanol–water partition coefficient (Wildman–Crippen LogP) is 4.37. The first-order valence-electron chi connectivity index (χ1n) is 10.8. The summed E-state index contributed by atoms with van der Waals surface area (Å²) >= 11 is 1.74. The predicted molar refractivity (Wildman–Crippen MR) is 125 cm³/mol. The van der Waals surface area contributed by atoms with Gasteiger partial charge in [-0.2, -0.15) is 0 Å². The Bertz CT molecular complexity index is 1020. The monoisotopic (exact) mass is 454 g/mol. The first kappa shape index (κ1) is 22.1. The van der Waals surface area contributed by atoms with E-state index in [9.17, 15) is 19.7 Å². The standard InChI is InChI=1S/C23H26N4O4S/c1-2-17-6-8-19(9-7-17)24-22(29)25-12-10-23(11-13-25)26(14-15-32-23)21(28)18-4-3-5-20(16-18)27(30)31/h3-9,16H,2,10-15H2,1H3,(H,24,29). The number of hydrogen-bond acceptors (Lipinski definition) is 5. The number of nitro groups is 1. The van der Waals surface area contributed by atoms with Gasteiger partial charge in [0, 0.05) is 48.8 Å². The number of anilines is 1. The highest BCUT2D eigenvalue weighted by Gasteiger charge is 2.47. The van der Waals surface area contributed by atoms with E-state index in [1.54, 1.807) is 28.8 Å². The van der Waals surface area contributed by atoms with Gasteiger partial charge in [-0.25, -0.2) is 4.79 Å². The van der Waals surface area contributed by atoms with Crippen LogP contribution in [0.1, 0.15) is 35.7 Å². The van der Waals surface area contributed by atoms with E-state index < -0.39 is 4.92 Å². The molecular weight excluding hydrogens is 428 g/mol. The third kappa shape index (κ3) is 4.43. The SMILES string of the molecule is CCc1ccc(NC(=O)N2CCC3(CC2)SCCN3C(=O)c2cccc([N+](=O)[O-])c2)cc1. The van der Waals surface area contributed by atoms with Crippen LogP contribution in [-0.4, -0.2) is 56.9 Å². The molecule has 0 bridgehead atoms. The number of aryl methyl sites for hydroxylation is 1. The van der Waals surface area contributed by atoms with Gasteiger partial charge >= 0.3 is 6.03 Å². The molecule has 0 unspecified atom stereocenters. The zero-order chi connectivity index (χ0) is 22.7. The van der Waals surface area contributed by atoms with E-state index >= 15 is 0 Å². The van der Waals surface area contributed by atoms with Crippen LogP contribution in [0, 0.1) is 10.1 Å². The van der Waals surface area contributed by atoms with Gasteiger partial charge in [0.15, 0.2) is 0 Å². The van der Waals surface area contributed by atoms with Gasteiger partial charge < -0.3 is 15.1 Å². The van der Waals surface area contributed by atoms with Gasteiger partial charge in [-0.1, -0.05) is 25.1 Å². The molecule has 1 N–H and O–H groups in total. The lowest BCUT2D eigenvalue weighted by Crippen LogP contribution is -2.54. The maximum atomic E-state index is 13.2. The van der Waals surface area contributed by atoms with Gasteiger partial charge in [0.25, 0.3) is 11.6 Å². The summed E-state index contributed by atoms with van der Waals surface area (Å²) in [5, 5.41) is 14.0. The summed E-state index contributed by atoms with van der Waals surface area (Å²) < 4.78 is 0. The maximum Gasteiger partial charge on any atom is 0.321 e. The van der Waals surface area contributed by atoms with E-state index in [0.717, 1.165) is 17.9 Å². The first-order valence-corrected chi connectivity index (χ1v) is 11.8. The van der Waals surface area contributed by atoms with Gasteiger partial charge in [-0.05, 0) is 43.0 Å². The van der Waals surface area contributed by atoms with Gasteiger partial charge in [0.05, 0.1) is 9.79 Å². The third-order valence-electron chi connectivity index (χ3n) is 6.17. The lowest BCUT2D eigenvalue weighted by atomic mass is 10.0. The fraction of sp³-hybridized carbons (Fsp3) is 0.391. The Kier molecular flexibility index (Phi) is 6.36. The molecule has 0 atom stereocenters. The number of piperidine rings is 1. The summed E-state index contributed by atoms with van der Waals surface area (Å²) in [7, 11) is 0. The number of nitro benzene ring substituents is 1. The van der Waals surface area contributed by atoms with Crippen LogP contribution in [0.4, 0.5) is 16.2 Å². The molecule has 2 aromatic carbocycles. The van der Waals surface area contributed by atoms with Crippen molar-refractivity contribution in [3.8, 4) is 0 Å². The first-order chi connectivity index (χ1) is 15.4. The number of amides is 3. The molecule has 168 valence electrons. The van der Waals surface area contributed by atoms with Crippen LogP contribution in [0.15, 0.2) is 48.5 Å². The number of carbonyl (C=O) groups excluding carboxylic acids is 2. The van der Waals surface area contributed by atoms with Crippen molar-refractivity contribution in [2.24, 2.45) is 0 Å². The lowest BCUT2D eigenvalue weighted by molar-refractivity contribution is -0.384. The Balaban J connectivity index is 1.41. The quantitative estimate of drug-likeness (QED) is 0.547. The molecule has 2 aliphatic rings. The van der Waals surface area contributed by atoms with Gasteiger partial charge in [0.2, 0.25) is 0 Å². The van der Waals surface area contributed by atoms with Gasteiger partial charge in [-0.3, -0.25) is 14.9 Å². The molecule has 2 heterocycles. The number of benzene rings is 2. The summed E-state index contributed by atoms with van der Waals surface area (Å²) in [5.74, 6) is 0.629. The van der Waals surface area contributed by atoms with E-state index in [0.29, 0.717) is 38.0 Å². The molecule has 8 nitrogen and oxygen atoms in total. The summed E-state index contributed by atoms with van der Waals surface area (Å²) in [6, 6.07) is 13.6. The fourth-order valence-corrected chi connectivity index (χ4v) is 5.76. The molecule has 2 aromatic rings. The number of rotatable bonds is 4. The Labute approximate surface area is 191 Å². The average Bonchev–Trinajstić information content (AvgIpc) is 3.22. The van der Waals surface area contributed by atoms with Crippen molar-refractivity contribution < 1.29 is 14.5 Å². The second kappa shape index (κ2) is 9.20. The topological polar surface area (TPSA) is 95.8 Å². The average molecular weight is 455 g/mol. The number of hydrogen-bond donors (Lipinski definition) is 1. The zero-order valence-corrected chi connectivity index (χ0v) is 18.8. The van der Waals surface area contributed by atoms with Crippen LogP contribution < -0.4 is 5.32 Å². The van der Waals surface area contributed by atoms with Gasteiger partial charge in [0.1, 0.15) is 0 Å². The number of nitrogens with one attached hydrogen (secondary N) is 1. The number of carbonyl (C=O) groups is 2. The van der Waals surface area contributed by atoms with E-state index in [1.807, 2.05) is 29.2 Å². The second-order valence-electron chi connectivity index (χ2n) is 8.03. The molecular formula is C23H26N4O4S. The van der Waals surface area contributed by atoms with Gasteiger partial charge in [-0.15, -0.1) is 11.8 Å².